The first kappa shape index (κ1) is 20.8. The van der Waals surface area contributed by atoms with Gasteiger partial charge in [0.1, 0.15) is 0 Å². The minimum atomic E-state index is -0.401. The zero-order chi connectivity index (χ0) is 20.5. The first-order chi connectivity index (χ1) is 14.0. The highest BCUT2D eigenvalue weighted by Crippen LogP contribution is 2.37. The molecule has 2 heterocycles. The molecule has 1 aromatic carbocycles. The maximum absolute atomic E-state index is 12.5. The Bertz CT molecular complexity index is 860. The van der Waals surface area contributed by atoms with Crippen molar-refractivity contribution in [2.24, 2.45) is 5.73 Å². The summed E-state index contributed by atoms with van der Waals surface area (Å²) in [5, 5.41) is 0.770. The van der Waals surface area contributed by atoms with Gasteiger partial charge in [0.05, 0.1) is 17.8 Å². The molecular formula is C22H26BrClN4O. The van der Waals surface area contributed by atoms with Gasteiger partial charge in [-0.3, -0.25) is 14.7 Å². The zero-order valence-electron chi connectivity index (χ0n) is 16.6. The van der Waals surface area contributed by atoms with Crippen LogP contribution in [0.2, 0.25) is 5.02 Å². The molecule has 1 aliphatic carbocycles. The van der Waals surface area contributed by atoms with Gasteiger partial charge in [0.25, 0.3) is 0 Å². The fourth-order valence-corrected chi connectivity index (χ4v) is 4.97. The highest BCUT2D eigenvalue weighted by molar-refractivity contribution is 9.10. The average Bonchev–Trinajstić information content (AvgIpc) is 2.89. The number of amides is 1. The molecule has 1 saturated heterocycles. The van der Waals surface area contributed by atoms with Gasteiger partial charge in [-0.15, -0.1) is 0 Å². The molecule has 2 N–H and O–H groups in total. The maximum atomic E-state index is 12.5. The number of aromatic nitrogens is 1. The summed E-state index contributed by atoms with van der Waals surface area (Å²) in [5.74, 6) is 0.0580. The van der Waals surface area contributed by atoms with Gasteiger partial charge >= 0.3 is 0 Å². The lowest BCUT2D eigenvalue weighted by Crippen LogP contribution is -2.53. The second-order valence-electron chi connectivity index (χ2n) is 7.82. The highest BCUT2D eigenvalue weighted by Gasteiger charge is 2.33. The highest BCUT2D eigenvalue weighted by atomic mass is 79.9. The number of fused-ring (bicyclic) bond motifs is 2. The topological polar surface area (TPSA) is 62.5 Å². The Morgan fingerprint density at radius 2 is 1.97 bits per heavy atom. The minimum Gasteiger partial charge on any atom is -0.339 e. The summed E-state index contributed by atoms with van der Waals surface area (Å²) in [4.78, 5) is 21.7. The van der Waals surface area contributed by atoms with Crippen LogP contribution in [0.1, 0.15) is 41.8 Å². The molecule has 0 saturated carbocycles. The van der Waals surface area contributed by atoms with Crippen molar-refractivity contribution in [3.05, 3.63) is 62.3 Å². The van der Waals surface area contributed by atoms with Crippen LogP contribution in [0.5, 0.6) is 0 Å². The molecule has 2 aromatic rings. The number of rotatable bonds is 3. The summed E-state index contributed by atoms with van der Waals surface area (Å²) in [7, 11) is 0. The van der Waals surface area contributed by atoms with E-state index < -0.39 is 6.04 Å². The number of aryl methyl sites for hydroxylation is 2. The average molecular weight is 478 g/mol. The number of carbonyl (C=O) groups is 1. The van der Waals surface area contributed by atoms with E-state index in [1.165, 1.54) is 16.7 Å². The summed E-state index contributed by atoms with van der Waals surface area (Å²) in [6.45, 7) is 4.93. The molecule has 0 radical (unpaired) electrons. The summed E-state index contributed by atoms with van der Waals surface area (Å²) in [5.41, 5.74) is 10.9. The summed E-state index contributed by atoms with van der Waals surface area (Å²) >= 11 is 9.87. The number of hydrogen-bond acceptors (Lipinski definition) is 4. The van der Waals surface area contributed by atoms with E-state index in [0.717, 1.165) is 41.1 Å². The number of nitrogens with zero attached hydrogens (tertiary/aromatic N) is 3. The van der Waals surface area contributed by atoms with Gasteiger partial charge in [0, 0.05) is 41.9 Å². The van der Waals surface area contributed by atoms with Crippen molar-refractivity contribution in [1.82, 2.24) is 14.8 Å². The van der Waals surface area contributed by atoms with E-state index in [4.69, 9.17) is 22.3 Å². The van der Waals surface area contributed by atoms with Crippen LogP contribution in [-0.2, 0) is 17.6 Å². The Balaban J connectivity index is 1.65. The molecular weight excluding hydrogens is 452 g/mol. The van der Waals surface area contributed by atoms with Gasteiger partial charge in [-0.25, -0.2) is 0 Å². The minimum absolute atomic E-state index is 0.0580. The molecule has 7 heteroatoms. The Hall–Kier alpha value is -1.47. The predicted octanol–water partition coefficient (Wildman–Crippen LogP) is 3.57. The number of halogens is 2. The van der Waals surface area contributed by atoms with E-state index in [1.54, 1.807) is 0 Å². The van der Waals surface area contributed by atoms with E-state index in [1.807, 2.05) is 24.1 Å². The van der Waals surface area contributed by atoms with E-state index in [0.29, 0.717) is 19.5 Å². The van der Waals surface area contributed by atoms with Crippen LogP contribution >= 0.6 is 27.5 Å². The van der Waals surface area contributed by atoms with Crippen molar-refractivity contribution >= 4 is 33.4 Å². The molecule has 29 heavy (non-hydrogen) atoms. The van der Waals surface area contributed by atoms with Crippen LogP contribution in [0.4, 0.5) is 0 Å². The molecule has 1 aromatic heterocycles. The molecule has 154 valence electrons. The first-order valence-corrected chi connectivity index (χ1v) is 11.4. The van der Waals surface area contributed by atoms with Gasteiger partial charge < -0.3 is 10.6 Å². The summed E-state index contributed by atoms with van der Waals surface area (Å²) < 4.78 is 1.00. The third kappa shape index (κ3) is 4.22. The smallest absolute Gasteiger partial charge is 0.239 e. The monoisotopic (exact) mass is 476 g/mol. The molecule has 2 atom stereocenters. The predicted molar refractivity (Wildman–Crippen MR) is 119 cm³/mol. The Labute approximate surface area is 185 Å². The number of nitrogens with two attached hydrogens (primary N) is 1. The van der Waals surface area contributed by atoms with Gasteiger partial charge in [-0.05, 0) is 70.1 Å². The summed E-state index contributed by atoms with van der Waals surface area (Å²) in [6, 6.07) is 8.06. The Kier molecular flexibility index (Phi) is 6.25. The van der Waals surface area contributed by atoms with Crippen molar-refractivity contribution in [2.45, 2.75) is 38.3 Å². The quantitative estimate of drug-likeness (QED) is 0.734. The lowest BCUT2D eigenvalue weighted by molar-refractivity contribution is -0.134. The maximum Gasteiger partial charge on any atom is 0.239 e. The fraction of sp³-hybridized carbons (Fsp3) is 0.455. The zero-order valence-corrected chi connectivity index (χ0v) is 18.9. The van der Waals surface area contributed by atoms with Crippen LogP contribution < -0.4 is 5.73 Å². The molecule has 1 aliphatic heterocycles. The van der Waals surface area contributed by atoms with E-state index in [9.17, 15) is 4.79 Å². The molecule has 1 fully saturated rings. The van der Waals surface area contributed by atoms with Gasteiger partial charge in [0.2, 0.25) is 5.91 Å². The second-order valence-corrected chi connectivity index (χ2v) is 9.17. The van der Waals surface area contributed by atoms with Crippen molar-refractivity contribution in [3.8, 4) is 0 Å². The van der Waals surface area contributed by atoms with Crippen molar-refractivity contribution in [1.29, 1.82) is 0 Å². The molecule has 0 spiro atoms. The summed E-state index contributed by atoms with van der Waals surface area (Å²) in [6.07, 6.45) is 4.44. The van der Waals surface area contributed by atoms with E-state index in [2.05, 4.69) is 39.0 Å². The Morgan fingerprint density at radius 3 is 2.69 bits per heavy atom. The number of piperazine rings is 1. The van der Waals surface area contributed by atoms with Crippen LogP contribution in [-0.4, -0.2) is 52.9 Å². The number of benzene rings is 1. The van der Waals surface area contributed by atoms with Gasteiger partial charge in [-0.2, -0.15) is 0 Å². The molecule has 4 rings (SSSR count). The molecule has 0 bridgehead atoms. The lowest BCUT2D eigenvalue weighted by Gasteiger charge is -2.40. The number of pyridine rings is 1. The second kappa shape index (κ2) is 8.72. The molecule has 1 amide bonds. The number of carbonyl (C=O) groups excluding carboxylic acids is 1. The van der Waals surface area contributed by atoms with Crippen LogP contribution in [0.3, 0.4) is 0 Å². The standard InChI is InChI=1S/C22H26BrClN4O/c1-2-19(25)22(29)28-9-7-27(8-10-28)21-18-6-5-17(24)12-14(18)3-4-15-11-16(23)13-26-20(15)21/h5-6,11-13,19,21H,2-4,7-10,25H2,1H3/t19-,21?/m0/s1. The van der Waals surface area contributed by atoms with Crippen molar-refractivity contribution < 1.29 is 4.79 Å². The first-order valence-electron chi connectivity index (χ1n) is 10.2. The van der Waals surface area contributed by atoms with Crippen molar-refractivity contribution in [3.63, 3.8) is 0 Å². The molecule has 2 aliphatic rings. The van der Waals surface area contributed by atoms with Gasteiger partial charge in [0.15, 0.2) is 0 Å². The number of hydrogen-bond donors (Lipinski definition) is 1. The van der Waals surface area contributed by atoms with E-state index >= 15 is 0 Å². The van der Waals surface area contributed by atoms with E-state index in [-0.39, 0.29) is 11.9 Å². The largest absolute Gasteiger partial charge is 0.339 e. The SMILES string of the molecule is CC[C@H](N)C(=O)N1CCN(C2c3ccc(Cl)cc3CCc3cc(Br)cnc32)CC1. The van der Waals surface area contributed by atoms with Crippen LogP contribution in [0, 0.1) is 0 Å². The fourth-order valence-electron chi connectivity index (χ4n) is 4.39. The lowest BCUT2D eigenvalue weighted by atomic mass is 9.96. The third-order valence-corrected chi connectivity index (χ3v) is 6.71. The normalized spacial score (nSPS) is 20.6. The van der Waals surface area contributed by atoms with Crippen molar-refractivity contribution in [2.75, 3.05) is 26.2 Å². The Morgan fingerprint density at radius 1 is 1.24 bits per heavy atom. The molecule has 1 unspecified atom stereocenters. The van der Waals surface area contributed by atoms with Gasteiger partial charge in [-0.1, -0.05) is 24.6 Å². The molecule has 5 nitrogen and oxygen atoms in total. The third-order valence-electron chi connectivity index (χ3n) is 6.04. The van der Waals surface area contributed by atoms with Crippen LogP contribution in [0.15, 0.2) is 34.9 Å². The van der Waals surface area contributed by atoms with Crippen LogP contribution in [0.25, 0.3) is 0 Å².